The number of halogens is 1. The van der Waals surface area contributed by atoms with Gasteiger partial charge in [-0.25, -0.2) is 0 Å². The van der Waals surface area contributed by atoms with Gasteiger partial charge in [0, 0.05) is 16.6 Å². The summed E-state index contributed by atoms with van der Waals surface area (Å²) in [7, 11) is 1.67. The maximum Gasteiger partial charge on any atom is 0.123 e. The molecule has 0 spiro atoms. The Kier molecular flexibility index (Phi) is 5.80. The molecule has 0 aliphatic carbocycles. The molecule has 0 amide bonds. The van der Waals surface area contributed by atoms with Crippen LogP contribution in [0.4, 0.5) is 0 Å². The van der Waals surface area contributed by atoms with Gasteiger partial charge in [0.2, 0.25) is 0 Å². The van der Waals surface area contributed by atoms with Gasteiger partial charge < -0.3 is 9.57 Å². The zero-order valence-corrected chi connectivity index (χ0v) is 11.5. The van der Waals surface area contributed by atoms with Crippen LogP contribution in [0.3, 0.4) is 0 Å². The number of hydroxylamine groups is 1. The van der Waals surface area contributed by atoms with Crippen molar-refractivity contribution in [2.45, 2.75) is 20.4 Å². The van der Waals surface area contributed by atoms with E-state index in [1.165, 1.54) is 0 Å². The van der Waals surface area contributed by atoms with Gasteiger partial charge in [-0.3, -0.25) is 0 Å². The van der Waals surface area contributed by atoms with Crippen LogP contribution >= 0.6 is 15.9 Å². The first-order valence-corrected chi connectivity index (χ1v) is 6.10. The summed E-state index contributed by atoms with van der Waals surface area (Å²) in [6.45, 7) is 5.56. The Morgan fingerprint density at radius 3 is 2.75 bits per heavy atom. The fraction of sp³-hybridized carbons (Fsp3) is 0.500. The smallest absolute Gasteiger partial charge is 0.123 e. The molecule has 16 heavy (non-hydrogen) atoms. The maximum atomic E-state index is 5.32. The highest BCUT2D eigenvalue weighted by Crippen LogP contribution is 2.22. The van der Waals surface area contributed by atoms with Crippen molar-refractivity contribution in [3.8, 4) is 5.75 Å². The lowest BCUT2D eigenvalue weighted by atomic mass is 10.2. The fourth-order valence-electron chi connectivity index (χ4n) is 1.24. The highest BCUT2D eigenvalue weighted by Gasteiger charge is 2.03. The summed E-state index contributed by atoms with van der Waals surface area (Å²) >= 11 is 3.43. The van der Waals surface area contributed by atoms with Crippen LogP contribution in [0.15, 0.2) is 22.7 Å². The van der Waals surface area contributed by atoms with E-state index in [1.807, 2.05) is 18.2 Å². The molecule has 1 rings (SSSR count). The SMILES string of the molecule is COc1ccc(Br)cc1CNOCC(C)C. The average molecular weight is 288 g/mol. The van der Waals surface area contributed by atoms with Gasteiger partial charge >= 0.3 is 0 Å². The lowest BCUT2D eigenvalue weighted by Gasteiger charge is -2.11. The number of hydrogen-bond donors (Lipinski definition) is 1. The van der Waals surface area contributed by atoms with Gasteiger partial charge in [0.1, 0.15) is 5.75 Å². The van der Waals surface area contributed by atoms with E-state index < -0.39 is 0 Å². The average Bonchev–Trinajstić information content (AvgIpc) is 2.24. The Morgan fingerprint density at radius 1 is 1.38 bits per heavy atom. The highest BCUT2D eigenvalue weighted by molar-refractivity contribution is 9.10. The van der Waals surface area contributed by atoms with Gasteiger partial charge in [0.15, 0.2) is 0 Å². The predicted octanol–water partition coefficient (Wildman–Crippen LogP) is 3.13. The van der Waals surface area contributed by atoms with E-state index >= 15 is 0 Å². The molecule has 0 aliphatic heterocycles. The van der Waals surface area contributed by atoms with Gasteiger partial charge in [0.25, 0.3) is 0 Å². The zero-order chi connectivity index (χ0) is 12.0. The first kappa shape index (κ1) is 13.5. The summed E-state index contributed by atoms with van der Waals surface area (Å²) < 4.78 is 6.30. The van der Waals surface area contributed by atoms with Gasteiger partial charge in [-0.05, 0) is 24.1 Å². The molecule has 1 N–H and O–H groups in total. The van der Waals surface area contributed by atoms with Crippen LogP contribution in [0, 0.1) is 5.92 Å². The van der Waals surface area contributed by atoms with Crippen molar-refractivity contribution in [2.24, 2.45) is 5.92 Å². The minimum atomic E-state index is 0.525. The second-order valence-corrected chi connectivity index (χ2v) is 4.90. The molecule has 0 saturated carbocycles. The summed E-state index contributed by atoms with van der Waals surface area (Å²) in [5.41, 5.74) is 4.00. The van der Waals surface area contributed by atoms with Crippen molar-refractivity contribution in [1.82, 2.24) is 5.48 Å². The highest BCUT2D eigenvalue weighted by atomic mass is 79.9. The molecule has 3 nitrogen and oxygen atoms in total. The number of nitrogens with one attached hydrogen (secondary N) is 1. The number of methoxy groups -OCH3 is 1. The number of rotatable bonds is 6. The number of benzene rings is 1. The molecule has 1 aromatic carbocycles. The van der Waals surface area contributed by atoms with Gasteiger partial charge in [-0.1, -0.05) is 29.8 Å². The molecule has 0 unspecified atom stereocenters. The van der Waals surface area contributed by atoms with Crippen molar-refractivity contribution in [3.05, 3.63) is 28.2 Å². The quantitative estimate of drug-likeness (QED) is 0.644. The zero-order valence-electron chi connectivity index (χ0n) is 9.92. The maximum absolute atomic E-state index is 5.32. The Hall–Kier alpha value is -0.580. The second kappa shape index (κ2) is 6.89. The van der Waals surface area contributed by atoms with E-state index in [-0.39, 0.29) is 0 Å². The van der Waals surface area contributed by atoms with Crippen LogP contribution < -0.4 is 10.2 Å². The summed E-state index contributed by atoms with van der Waals surface area (Å²) in [5, 5.41) is 0. The van der Waals surface area contributed by atoms with Crippen LogP contribution in [0.1, 0.15) is 19.4 Å². The first-order valence-electron chi connectivity index (χ1n) is 5.30. The standard InChI is InChI=1S/C12H18BrNO2/c1-9(2)8-16-14-7-10-6-11(13)4-5-12(10)15-3/h4-6,9,14H,7-8H2,1-3H3. The van der Waals surface area contributed by atoms with E-state index in [2.05, 4.69) is 35.3 Å². The lowest BCUT2D eigenvalue weighted by molar-refractivity contribution is 0.0193. The first-order chi connectivity index (χ1) is 7.63. The molecule has 0 saturated heterocycles. The molecule has 90 valence electrons. The third-order valence-electron chi connectivity index (χ3n) is 2.02. The van der Waals surface area contributed by atoms with Crippen LogP contribution in [-0.4, -0.2) is 13.7 Å². The van der Waals surface area contributed by atoms with Crippen LogP contribution in [0.5, 0.6) is 5.75 Å². The Morgan fingerprint density at radius 2 is 2.12 bits per heavy atom. The number of hydrogen-bond acceptors (Lipinski definition) is 3. The Balaban J connectivity index is 2.48. The monoisotopic (exact) mass is 287 g/mol. The van der Waals surface area contributed by atoms with Crippen molar-refractivity contribution in [2.75, 3.05) is 13.7 Å². The Labute approximate surface area is 105 Å². The normalized spacial score (nSPS) is 10.8. The molecule has 0 fully saturated rings. The van der Waals surface area contributed by atoms with Crippen molar-refractivity contribution >= 4 is 15.9 Å². The minimum Gasteiger partial charge on any atom is -0.496 e. The molecule has 0 heterocycles. The lowest BCUT2D eigenvalue weighted by Crippen LogP contribution is -2.17. The van der Waals surface area contributed by atoms with Crippen molar-refractivity contribution in [3.63, 3.8) is 0 Å². The van der Waals surface area contributed by atoms with E-state index in [1.54, 1.807) is 7.11 Å². The molecule has 4 heteroatoms. The van der Waals surface area contributed by atoms with Gasteiger partial charge in [0.05, 0.1) is 13.7 Å². The summed E-state index contributed by atoms with van der Waals surface area (Å²) in [5.74, 6) is 1.39. The van der Waals surface area contributed by atoms with E-state index in [0.717, 1.165) is 15.8 Å². The Bertz CT molecular complexity index is 329. The van der Waals surface area contributed by atoms with Crippen LogP contribution in [0.2, 0.25) is 0 Å². The molecule has 0 aromatic heterocycles. The van der Waals surface area contributed by atoms with Gasteiger partial charge in [-0.2, -0.15) is 5.48 Å². The van der Waals surface area contributed by atoms with Crippen LogP contribution in [-0.2, 0) is 11.4 Å². The summed E-state index contributed by atoms with van der Waals surface area (Å²) in [6, 6.07) is 5.91. The largest absolute Gasteiger partial charge is 0.496 e. The molecule has 0 bridgehead atoms. The molecule has 1 aromatic rings. The minimum absolute atomic E-state index is 0.525. The van der Waals surface area contributed by atoms with E-state index in [9.17, 15) is 0 Å². The topological polar surface area (TPSA) is 30.5 Å². The molecule has 0 aliphatic rings. The van der Waals surface area contributed by atoms with Crippen molar-refractivity contribution < 1.29 is 9.57 Å². The van der Waals surface area contributed by atoms with Gasteiger partial charge in [-0.15, -0.1) is 0 Å². The molecule has 0 radical (unpaired) electrons. The predicted molar refractivity (Wildman–Crippen MR) is 68.3 cm³/mol. The third kappa shape index (κ3) is 4.51. The van der Waals surface area contributed by atoms with E-state index in [0.29, 0.717) is 19.1 Å². The summed E-state index contributed by atoms with van der Waals surface area (Å²) in [4.78, 5) is 5.32. The van der Waals surface area contributed by atoms with Crippen molar-refractivity contribution in [1.29, 1.82) is 0 Å². The van der Waals surface area contributed by atoms with Crippen LogP contribution in [0.25, 0.3) is 0 Å². The molecular weight excluding hydrogens is 270 g/mol. The summed E-state index contributed by atoms with van der Waals surface area (Å²) in [6.07, 6.45) is 0. The molecule has 0 atom stereocenters. The third-order valence-corrected chi connectivity index (χ3v) is 2.52. The second-order valence-electron chi connectivity index (χ2n) is 3.98. The fourth-order valence-corrected chi connectivity index (χ4v) is 1.65. The molecular formula is C12H18BrNO2. The van der Waals surface area contributed by atoms with E-state index in [4.69, 9.17) is 9.57 Å². The number of ether oxygens (including phenoxy) is 1.